The van der Waals surface area contributed by atoms with Crippen molar-refractivity contribution in [2.24, 2.45) is 0 Å². The summed E-state index contributed by atoms with van der Waals surface area (Å²) in [5, 5.41) is 23.6. The molecule has 27 heavy (non-hydrogen) atoms. The maximum atomic E-state index is 12.3. The van der Waals surface area contributed by atoms with Crippen LogP contribution in [0.5, 0.6) is 11.5 Å². The number of methoxy groups -OCH3 is 1. The first kappa shape index (κ1) is 18.4. The molecule has 138 valence electrons. The van der Waals surface area contributed by atoms with E-state index in [-0.39, 0.29) is 22.7 Å². The molecule has 0 fully saturated rings. The molecule has 0 saturated carbocycles. The van der Waals surface area contributed by atoms with E-state index in [1.165, 1.54) is 29.5 Å². The smallest absolute Gasteiger partial charge is 0.339 e. The standard InChI is InChI=1S/C19H16N2O5S/c1-26-13-5-2-11(3-6-13)8-17-21-15(10-27-17)18(23)20-12-4-7-16(22)14(9-12)19(24)25/h2-7,9-10,22H,8H2,1H3,(H,20,23)(H,24,25). The lowest BCUT2D eigenvalue weighted by Crippen LogP contribution is -2.13. The van der Waals surface area contributed by atoms with Gasteiger partial charge in [-0.1, -0.05) is 12.1 Å². The maximum Gasteiger partial charge on any atom is 0.339 e. The molecule has 3 aromatic rings. The van der Waals surface area contributed by atoms with Gasteiger partial charge in [-0.2, -0.15) is 0 Å². The van der Waals surface area contributed by atoms with Crippen LogP contribution in [0, 0.1) is 0 Å². The number of nitrogens with zero attached hydrogens (tertiary/aromatic N) is 1. The van der Waals surface area contributed by atoms with Gasteiger partial charge in [0.05, 0.1) is 12.1 Å². The van der Waals surface area contributed by atoms with Crippen molar-refractivity contribution in [3.05, 3.63) is 69.7 Å². The number of carbonyl (C=O) groups excluding carboxylic acids is 1. The minimum absolute atomic E-state index is 0.244. The molecule has 0 atom stereocenters. The Balaban J connectivity index is 1.69. The van der Waals surface area contributed by atoms with Crippen LogP contribution in [0.25, 0.3) is 0 Å². The second-order valence-corrected chi connectivity index (χ2v) is 6.59. The molecular weight excluding hydrogens is 368 g/mol. The Kier molecular flexibility index (Phi) is 5.37. The number of aromatic hydroxyl groups is 1. The predicted molar refractivity (Wildman–Crippen MR) is 101 cm³/mol. The fourth-order valence-corrected chi connectivity index (χ4v) is 3.20. The van der Waals surface area contributed by atoms with Crippen molar-refractivity contribution in [2.75, 3.05) is 12.4 Å². The summed E-state index contributed by atoms with van der Waals surface area (Å²) in [6, 6.07) is 11.4. The summed E-state index contributed by atoms with van der Waals surface area (Å²) in [6.45, 7) is 0. The molecule has 8 heteroatoms. The number of hydrogen-bond acceptors (Lipinski definition) is 6. The van der Waals surface area contributed by atoms with Crippen LogP contribution in [-0.2, 0) is 6.42 Å². The first-order valence-corrected chi connectivity index (χ1v) is 8.79. The number of phenols is 1. The second-order valence-electron chi connectivity index (χ2n) is 5.64. The van der Waals surface area contributed by atoms with E-state index in [1.807, 2.05) is 24.3 Å². The first-order chi connectivity index (χ1) is 13.0. The monoisotopic (exact) mass is 384 g/mol. The summed E-state index contributed by atoms with van der Waals surface area (Å²) in [5.41, 5.74) is 1.27. The van der Waals surface area contributed by atoms with Gasteiger partial charge >= 0.3 is 5.97 Å². The highest BCUT2D eigenvalue weighted by Crippen LogP contribution is 2.23. The Bertz CT molecular complexity index is 982. The molecular formula is C19H16N2O5S. The third-order valence-corrected chi connectivity index (χ3v) is 4.63. The average molecular weight is 384 g/mol. The summed E-state index contributed by atoms with van der Waals surface area (Å²) in [5.74, 6) is -1.32. The molecule has 0 radical (unpaired) electrons. The summed E-state index contributed by atoms with van der Waals surface area (Å²) < 4.78 is 5.12. The molecule has 2 aromatic carbocycles. The van der Waals surface area contributed by atoms with Crippen LogP contribution in [0.4, 0.5) is 5.69 Å². The number of carboxylic acid groups (broad SMARTS) is 1. The molecule has 0 unspecified atom stereocenters. The highest BCUT2D eigenvalue weighted by atomic mass is 32.1. The second kappa shape index (κ2) is 7.88. The molecule has 1 aromatic heterocycles. The Labute approximate surface area is 158 Å². The zero-order valence-electron chi connectivity index (χ0n) is 14.3. The topological polar surface area (TPSA) is 109 Å². The van der Waals surface area contributed by atoms with E-state index in [9.17, 15) is 14.7 Å². The van der Waals surface area contributed by atoms with Gasteiger partial charge in [0.2, 0.25) is 0 Å². The molecule has 3 rings (SSSR count). The summed E-state index contributed by atoms with van der Waals surface area (Å²) in [7, 11) is 1.61. The molecule has 0 aliphatic rings. The van der Waals surface area contributed by atoms with Crippen LogP contribution < -0.4 is 10.1 Å². The van der Waals surface area contributed by atoms with Crippen LogP contribution in [0.2, 0.25) is 0 Å². The largest absolute Gasteiger partial charge is 0.507 e. The van der Waals surface area contributed by atoms with Crippen LogP contribution in [-0.4, -0.2) is 34.2 Å². The van der Waals surface area contributed by atoms with Gasteiger partial charge in [-0.3, -0.25) is 4.79 Å². The number of carboxylic acids is 1. The number of nitrogens with one attached hydrogen (secondary N) is 1. The van der Waals surface area contributed by atoms with E-state index >= 15 is 0 Å². The molecule has 3 N–H and O–H groups in total. The minimum Gasteiger partial charge on any atom is -0.507 e. The number of carbonyl (C=O) groups is 2. The lowest BCUT2D eigenvalue weighted by Gasteiger charge is -2.06. The number of benzene rings is 2. The van der Waals surface area contributed by atoms with Crippen molar-refractivity contribution in [1.82, 2.24) is 4.98 Å². The van der Waals surface area contributed by atoms with Gasteiger partial charge in [0, 0.05) is 17.5 Å². The summed E-state index contributed by atoms with van der Waals surface area (Å²) in [4.78, 5) is 27.7. The van der Waals surface area contributed by atoms with E-state index in [1.54, 1.807) is 12.5 Å². The Morgan fingerprint density at radius 2 is 1.93 bits per heavy atom. The average Bonchev–Trinajstić information content (AvgIpc) is 3.12. The van der Waals surface area contributed by atoms with E-state index < -0.39 is 11.9 Å². The molecule has 0 spiro atoms. The Hall–Kier alpha value is -3.39. The number of aromatic carboxylic acids is 1. The Morgan fingerprint density at radius 3 is 2.59 bits per heavy atom. The van der Waals surface area contributed by atoms with Crippen LogP contribution >= 0.6 is 11.3 Å². The van der Waals surface area contributed by atoms with E-state index in [2.05, 4.69) is 10.3 Å². The van der Waals surface area contributed by atoms with Crippen LogP contribution in [0.15, 0.2) is 47.8 Å². The third kappa shape index (κ3) is 4.42. The van der Waals surface area contributed by atoms with Crippen molar-refractivity contribution < 1.29 is 24.5 Å². The number of amides is 1. The zero-order chi connectivity index (χ0) is 19.4. The molecule has 0 aliphatic heterocycles. The van der Waals surface area contributed by atoms with Crippen molar-refractivity contribution in [3.8, 4) is 11.5 Å². The van der Waals surface area contributed by atoms with Crippen LogP contribution in [0.3, 0.4) is 0 Å². The van der Waals surface area contributed by atoms with Crippen molar-refractivity contribution in [1.29, 1.82) is 0 Å². The minimum atomic E-state index is -1.28. The van der Waals surface area contributed by atoms with E-state index in [0.29, 0.717) is 6.42 Å². The number of hydrogen-bond donors (Lipinski definition) is 3. The predicted octanol–water partition coefficient (Wildman–Crippen LogP) is 3.40. The highest BCUT2D eigenvalue weighted by Gasteiger charge is 2.14. The molecule has 1 heterocycles. The molecule has 0 saturated heterocycles. The number of aromatic nitrogens is 1. The van der Waals surface area contributed by atoms with Gasteiger partial charge < -0.3 is 20.3 Å². The van der Waals surface area contributed by atoms with Crippen molar-refractivity contribution in [2.45, 2.75) is 6.42 Å². The molecule has 1 amide bonds. The Morgan fingerprint density at radius 1 is 1.19 bits per heavy atom. The number of anilines is 1. The van der Waals surface area contributed by atoms with Gasteiger partial charge in [-0.15, -0.1) is 11.3 Å². The SMILES string of the molecule is COc1ccc(Cc2nc(C(=O)Nc3ccc(O)c(C(=O)O)c3)cs2)cc1. The lowest BCUT2D eigenvalue weighted by molar-refractivity contribution is 0.0693. The number of ether oxygens (including phenoxy) is 1. The first-order valence-electron chi connectivity index (χ1n) is 7.91. The fourth-order valence-electron chi connectivity index (χ4n) is 2.39. The maximum absolute atomic E-state index is 12.3. The van der Waals surface area contributed by atoms with E-state index in [0.717, 1.165) is 16.3 Å². The fraction of sp³-hybridized carbons (Fsp3) is 0.105. The van der Waals surface area contributed by atoms with Gasteiger partial charge in [0.1, 0.15) is 22.8 Å². The van der Waals surface area contributed by atoms with Gasteiger partial charge in [0.25, 0.3) is 5.91 Å². The van der Waals surface area contributed by atoms with Crippen LogP contribution in [0.1, 0.15) is 31.4 Å². The molecule has 0 aliphatic carbocycles. The highest BCUT2D eigenvalue weighted by molar-refractivity contribution is 7.09. The van der Waals surface area contributed by atoms with Gasteiger partial charge in [-0.25, -0.2) is 9.78 Å². The van der Waals surface area contributed by atoms with Gasteiger partial charge in [-0.05, 0) is 35.9 Å². The van der Waals surface area contributed by atoms with Crippen molar-refractivity contribution >= 4 is 28.9 Å². The lowest BCUT2D eigenvalue weighted by atomic mass is 10.1. The summed E-state index contributed by atoms with van der Waals surface area (Å²) in [6.07, 6.45) is 0.588. The third-order valence-electron chi connectivity index (χ3n) is 3.78. The molecule has 0 bridgehead atoms. The summed E-state index contributed by atoms with van der Waals surface area (Å²) >= 11 is 1.37. The van der Waals surface area contributed by atoms with E-state index in [4.69, 9.17) is 9.84 Å². The number of rotatable bonds is 6. The van der Waals surface area contributed by atoms with Crippen molar-refractivity contribution in [3.63, 3.8) is 0 Å². The quantitative estimate of drug-likeness (QED) is 0.562. The number of thiazole rings is 1. The van der Waals surface area contributed by atoms with Gasteiger partial charge in [0.15, 0.2) is 0 Å². The zero-order valence-corrected chi connectivity index (χ0v) is 15.1. The molecule has 7 nitrogen and oxygen atoms in total. The normalized spacial score (nSPS) is 10.4.